The van der Waals surface area contributed by atoms with Gasteiger partial charge in [0.2, 0.25) is 0 Å². The second-order valence-electron chi connectivity index (χ2n) is 24.5. The zero-order chi connectivity index (χ0) is 59.6. The average Bonchev–Trinajstić information content (AvgIpc) is 1.45. The zero-order valence-corrected chi connectivity index (χ0v) is 49.9. The van der Waals surface area contributed by atoms with Gasteiger partial charge in [-0.15, -0.1) is 0 Å². The molecular weight excluding hydrogens is 1080 g/mol. The van der Waals surface area contributed by atoms with Crippen LogP contribution in [0.3, 0.4) is 0 Å². The largest absolute Gasteiger partial charge is 0.310 e. The molecule has 0 amide bonds. The van der Waals surface area contributed by atoms with Gasteiger partial charge in [-0.25, -0.2) is 0 Å². The van der Waals surface area contributed by atoms with Gasteiger partial charge in [-0.3, -0.25) is 0 Å². The van der Waals surface area contributed by atoms with Crippen LogP contribution < -0.4 is 4.90 Å². The van der Waals surface area contributed by atoms with E-state index in [0.717, 1.165) is 29.9 Å². The fourth-order valence-electron chi connectivity index (χ4n) is 16.0. The van der Waals surface area contributed by atoms with Gasteiger partial charge in [0.1, 0.15) is 0 Å². The molecule has 14 aromatic rings. The molecule has 424 valence electrons. The number of anilines is 3. The lowest BCUT2D eigenvalue weighted by atomic mass is 9.52. The summed E-state index contributed by atoms with van der Waals surface area (Å²) in [7, 11) is 0. The molecular formula is C89H63N. The van der Waals surface area contributed by atoms with E-state index in [4.69, 9.17) is 0 Å². The topological polar surface area (TPSA) is 3.24 Å². The van der Waals surface area contributed by atoms with E-state index < -0.39 is 10.8 Å². The van der Waals surface area contributed by atoms with E-state index in [0.29, 0.717) is 0 Å². The molecule has 0 N–H and O–H groups in total. The third-order valence-corrected chi connectivity index (χ3v) is 19.9. The van der Waals surface area contributed by atoms with Crippen molar-refractivity contribution in [3.63, 3.8) is 0 Å². The quantitative estimate of drug-likeness (QED) is 0.118. The Bertz CT molecular complexity index is 4820. The van der Waals surface area contributed by atoms with Crippen molar-refractivity contribution in [1.82, 2.24) is 0 Å². The first-order valence-corrected chi connectivity index (χ1v) is 31.7. The first-order chi connectivity index (χ1) is 44.6. The van der Waals surface area contributed by atoms with Gasteiger partial charge in [-0.05, 0) is 171 Å². The monoisotopic (exact) mass is 1150 g/mol. The number of nitrogens with zero attached hydrogens (tertiary/aromatic N) is 1. The summed E-state index contributed by atoms with van der Waals surface area (Å²) in [5.74, 6) is 0.200. The van der Waals surface area contributed by atoms with E-state index in [1.54, 1.807) is 0 Å². The van der Waals surface area contributed by atoms with Crippen LogP contribution in [-0.4, -0.2) is 0 Å². The standard InChI is InChI=1S/C89H63N/c1-5-23-62(24-6-1)66-45-43-61(44-46-66)59-72(70-49-47-67(48-50-70)63-25-7-2-8-26-63)60-71-31-21-40-83-86(71)75-32-13-15-34-77(75)88(83)79-36-17-19-38-81(79)89(82-39-20-18-37-80(82)88)78-35-16-14-33-76(78)87-84(89)41-22-42-85(87)90(73-55-51-68(52-56-73)64-27-9-3-10-28-64)74-57-53-69(54-58-74)65-29-11-4-12-30-65/h1-58,72H,59-60H2. The lowest BCUT2D eigenvalue weighted by molar-refractivity contribution is 0.632. The van der Waals surface area contributed by atoms with Crippen LogP contribution in [0.15, 0.2) is 352 Å². The summed E-state index contributed by atoms with van der Waals surface area (Å²) in [5.41, 5.74) is 31.6. The molecule has 2 spiro atoms. The summed E-state index contributed by atoms with van der Waals surface area (Å²) in [6.07, 6.45) is 1.77. The van der Waals surface area contributed by atoms with E-state index in [2.05, 4.69) is 357 Å². The Morgan fingerprint density at radius 1 is 0.233 bits per heavy atom. The van der Waals surface area contributed by atoms with Crippen molar-refractivity contribution >= 4 is 17.1 Å². The zero-order valence-electron chi connectivity index (χ0n) is 49.9. The van der Waals surface area contributed by atoms with E-state index in [9.17, 15) is 0 Å². The predicted molar refractivity (Wildman–Crippen MR) is 374 cm³/mol. The van der Waals surface area contributed by atoms with E-state index in [1.807, 2.05) is 0 Å². The highest BCUT2D eigenvalue weighted by molar-refractivity contribution is 6.00. The highest BCUT2D eigenvalue weighted by Crippen LogP contribution is 2.69. The first kappa shape index (κ1) is 53.1. The van der Waals surface area contributed by atoms with Crippen LogP contribution in [0.5, 0.6) is 0 Å². The molecule has 90 heavy (non-hydrogen) atoms. The Morgan fingerprint density at radius 2 is 0.556 bits per heavy atom. The Labute approximate surface area is 528 Å². The second-order valence-corrected chi connectivity index (χ2v) is 24.5. The van der Waals surface area contributed by atoms with Gasteiger partial charge in [0.25, 0.3) is 0 Å². The minimum Gasteiger partial charge on any atom is -0.310 e. The molecule has 1 atom stereocenters. The van der Waals surface area contributed by atoms with Crippen molar-refractivity contribution in [2.45, 2.75) is 29.6 Å². The summed E-state index contributed by atoms with van der Waals surface area (Å²) in [4.78, 5) is 2.50. The lowest BCUT2D eigenvalue weighted by Crippen LogP contribution is -2.43. The third-order valence-electron chi connectivity index (χ3n) is 19.9. The number of benzene rings is 14. The van der Waals surface area contributed by atoms with Crippen LogP contribution in [0.1, 0.15) is 67.1 Å². The summed E-state index contributed by atoms with van der Waals surface area (Å²) in [6, 6.07) is 132. The normalized spacial score (nSPS) is 15.7. The van der Waals surface area contributed by atoms with Crippen molar-refractivity contribution in [2.24, 2.45) is 0 Å². The molecule has 1 heteroatoms. The molecule has 17 rings (SSSR count). The van der Waals surface area contributed by atoms with Crippen LogP contribution in [-0.2, 0) is 23.7 Å². The summed E-state index contributed by atoms with van der Waals surface area (Å²) >= 11 is 0. The van der Waals surface area contributed by atoms with Crippen LogP contribution in [0.25, 0.3) is 66.8 Å². The SMILES string of the molecule is c1ccc(-c2ccc(CC(Cc3cccc4c3-c3ccccc3C43c4ccccc4C4(c5ccccc5-c5c(N(c6ccc(-c7ccccc7)cc6)c6ccc(-c7ccccc7)cc6)cccc54)c4ccccc43)c3ccc(-c4ccccc4)cc3)cc2)cc1. The van der Waals surface area contributed by atoms with Crippen LogP contribution in [0, 0.1) is 0 Å². The third kappa shape index (κ3) is 8.45. The van der Waals surface area contributed by atoms with Crippen molar-refractivity contribution < 1.29 is 0 Å². The van der Waals surface area contributed by atoms with Gasteiger partial charge in [0.15, 0.2) is 0 Å². The molecule has 14 aromatic carbocycles. The van der Waals surface area contributed by atoms with E-state index in [-0.39, 0.29) is 5.92 Å². The van der Waals surface area contributed by atoms with E-state index in [1.165, 1.54) is 128 Å². The molecule has 0 aromatic heterocycles. The molecule has 0 saturated heterocycles. The maximum absolute atomic E-state index is 2.50. The van der Waals surface area contributed by atoms with Crippen LogP contribution in [0.4, 0.5) is 17.1 Å². The summed E-state index contributed by atoms with van der Waals surface area (Å²) in [5, 5.41) is 0. The molecule has 3 aliphatic carbocycles. The highest BCUT2D eigenvalue weighted by atomic mass is 15.1. The molecule has 1 unspecified atom stereocenters. The summed E-state index contributed by atoms with van der Waals surface area (Å²) < 4.78 is 0. The maximum Gasteiger partial charge on any atom is 0.0720 e. The van der Waals surface area contributed by atoms with Crippen LogP contribution in [0.2, 0.25) is 0 Å². The van der Waals surface area contributed by atoms with Gasteiger partial charge in [-0.2, -0.15) is 0 Å². The Balaban J connectivity index is 0.838. The Hall–Kier alpha value is -11.1. The van der Waals surface area contributed by atoms with Gasteiger partial charge in [0, 0.05) is 16.9 Å². The van der Waals surface area contributed by atoms with Crippen molar-refractivity contribution in [3.8, 4) is 66.8 Å². The minimum absolute atomic E-state index is 0.200. The molecule has 0 heterocycles. The number of hydrogen-bond donors (Lipinski definition) is 0. The summed E-state index contributed by atoms with van der Waals surface area (Å²) in [6.45, 7) is 0. The van der Waals surface area contributed by atoms with Gasteiger partial charge in [0.05, 0.1) is 16.5 Å². The Morgan fingerprint density at radius 3 is 0.989 bits per heavy atom. The van der Waals surface area contributed by atoms with Crippen molar-refractivity contribution in [1.29, 1.82) is 0 Å². The number of hydrogen-bond acceptors (Lipinski definition) is 1. The lowest BCUT2D eigenvalue weighted by Gasteiger charge is -2.49. The highest BCUT2D eigenvalue weighted by Gasteiger charge is 2.59. The fraction of sp³-hybridized carbons (Fsp3) is 0.0562. The molecule has 0 fully saturated rings. The van der Waals surface area contributed by atoms with Gasteiger partial charge >= 0.3 is 0 Å². The maximum atomic E-state index is 2.50. The number of rotatable bonds is 12. The average molecular weight is 1150 g/mol. The second kappa shape index (κ2) is 21.9. The minimum atomic E-state index is -0.664. The van der Waals surface area contributed by atoms with E-state index >= 15 is 0 Å². The fourth-order valence-corrected chi connectivity index (χ4v) is 16.0. The van der Waals surface area contributed by atoms with Crippen molar-refractivity contribution in [3.05, 3.63) is 413 Å². The molecule has 0 aliphatic heterocycles. The van der Waals surface area contributed by atoms with Crippen molar-refractivity contribution in [2.75, 3.05) is 4.90 Å². The van der Waals surface area contributed by atoms with Gasteiger partial charge in [-0.1, -0.05) is 322 Å². The Kier molecular flexibility index (Phi) is 12.9. The van der Waals surface area contributed by atoms with Gasteiger partial charge < -0.3 is 4.90 Å². The number of fused-ring (bicyclic) bond motifs is 16. The molecule has 0 radical (unpaired) electrons. The van der Waals surface area contributed by atoms with Crippen LogP contribution >= 0.6 is 0 Å². The predicted octanol–water partition coefficient (Wildman–Crippen LogP) is 22.4. The molecule has 0 bridgehead atoms. The smallest absolute Gasteiger partial charge is 0.0720 e. The molecule has 3 aliphatic rings. The molecule has 1 nitrogen and oxygen atoms in total. The molecule has 0 saturated carbocycles. The first-order valence-electron chi connectivity index (χ1n) is 31.7.